The number of methoxy groups -OCH3 is 1. The van der Waals surface area contributed by atoms with Crippen molar-refractivity contribution < 1.29 is 28.7 Å². The number of imide groups is 1. The van der Waals surface area contributed by atoms with Crippen molar-refractivity contribution in [2.75, 3.05) is 18.6 Å². The summed E-state index contributed by atoms with van der Waals surface area (Å²) >= 11 is 0. The summed E-state index contributed by atoms with van der Waals surface area (Å²) in [5.74, 6) is -0.973. The fraction of sp³-hybridized carbons (Fsp3) is 0.360. The van der Waals surface area contributed by atoms with Gasteiger partial charge in [-0.05, 0) is 67.5 Å². The maximum Gasteiger partial charge on any atom is 0.340 e. The lowest BCUT2D eigenvalue weighted by Crippen LogP contribution is -2.34. The molecule has 4 atom stereocenters. The second-order valence-electron chi connectivity index (χ2n) is 8.64. The van der Waals surface area contributed by atoms with E-state index < -0.39 is 12.6 Å². The van der Waals surface area contributed by atoms with E-state index in [1.54, 1.807) is 42.5 Å². The monoisotopic (exact) mass is 433 g/mol. The molecule has 0 radical (unpaired) electrons. The Morgan fingerprint density at radius 2 is 1.56 bits per heavy atom. The highest BCUT2D eigenvalue weighted by molar-refractivity contribution is 6.24. The highest BCUT2D eigenvalue weighted by Gasteiger charge is 2.61. The van der Waals surface area contributed by atoms with Crippen LogP contribution >= 0.6 is 0 Å². The minimum Gasteiger partial charge on any atom is -0.497 e. The number of amides is 2. The van der Waals surface area contributed by atoms with Crippen molar-refractivity contribution in [3.05, 3.63) is 59.7 Å². The van der Waals surface area contributed by atoms with Gasteiger partial charge < -0.3 is 9.47 Å². The number of fused-ring (bicyclic) bond motifs is 5. The SMILES string of the molecule is COc1ccc(C(=O)COC(=O)c2ccccc2N2C(=O)[C@H]3[C@@H]4CC[C@@H](C4)[C@@H]3C2=O)cc1. The highest BCUT2D eigenvalue weighted by Crippen LogP contribution is 2.56. The second-order valence-corrected chi connectivity index (χ2v) is 8.64. The van der Waals surface area contributed by atoms with E-state index in [9.17, 15) is 19.2 Å². The van der Waals surface area contributed by atoms with E-state index in [1.807, 2.05) is 0 Å². The number of benzene rings is 2. The molecule has 3 fully saturated rings. The van der Waals surface area contributed by atoms with Crippen LogP contribution in [0.1, 0.15) is 40.0 Å². The van der Waals surface area contributed by atoms with Crippen molar-refractivity contribution >= 4 is 29.3 Å². The van der Waals surface area contributed by atoms with Crippen LogP contribution in [0.15, 0.2) is 48.5 Å². The van der Waals surface area contributed by atoms with E-state index >= 15 is 0 Å². The molecule has 32 heavy (non-hydrogen) atoms. The van der Waals surface area contributed by atoms with Crippen LogP contribution < -0.4 is 9.64 Å². The zero-order valence-electron chi connectivity index (χ0n) is 17.7. The zero-order chi connectivity index (χ0) is 22.4. The van der Waals surface area contributed by atoms with Crippen LogP contribution in [0.4, 0.5) is 5.69 Å². The molecule has 2 amide bonds. The van der Waals surface area contributed by atoms with Crippen LogP contribution in [-0.2, 0) is 14.3 Å². The summed E-state index contributed by atoms with van der Waals surface area (Å²) in [6.45, 7) is -0.448. The Labute approximate surface area is 185 Å². The van der Waals surface area contributed by atoms with Gasteiger partial charge >= 0.3 is 5.97 Å². The van der Waals surface area contributed by atoms with Crippen molar-refractivity contribution in [3.8, 4) is 5.75 Å². The minimum atomic E-state index is -0.747. The smallest absolute Gasteiger partial charge is 0.340 e. The van der Waals surface area contributed by atoms with Crippen molar-refractivity contribution in [3.63, 3.8) is 0 Å². The van der Waals surface area contributed by atoms with Gasteiger partial charge in [-0.15, -0.1) is 0 Å². The number of carbonyl (C=O) groups is 4. The number of hydrogen-bond donors (Lipinski definition) is 0. The van der Waals surface area contributed by atoms with Gasteiger partial charge in [-0.2, -0.15) is 0 Å². The molecule has 5 rings (SSSR count). The predicted octanol–water partition coefficient (Wildman–Crippen LogP) is 3.27. The molecule has 2 bridgehead atoms. The molecule has 164 valence electrons. The molecule has 7 nitrogen and oxygen atoms in total. The molecule has 1 saturated heterocycles. The predicted molar refractivity (Wildman–Crippen MR) is 114 cm³/mol. The molecule has 0 aromatic heterocycles. The number of anilines is 1. The largest absolute Gasteiger partial charge is 0.497 e. The summed E-state index contributed by atoms with van der Waals surface area (Å²) in [6, 6.07) is 12.9. The third-order valence-electron chi connectivity index (χ3n) is 7.04. The van der Waals surface area contributed by atoms with Crippen LogP contribution in [0.3, 0.4) is 0 Å². The van der Waals surface area contributed by atoms with Gasteiger partial charge in [0.2, 0.25) is 11.8 Å². The lowest BCUT2D eigenvalue weighted by Gasteiger charge is -2.19. The van der Waals surface area contributed by atoms with Gasteiger partial charge in [0.25, 0.3) is 0 Å². The first kappa shape index (κ1) is 20.4. The van der Waals surface area contributed by atoms with Crippen LogP contribution in [0.25, 0.3) is 0 Å². The Morgan fingerprint density at radius 3 is 2.19 bits per heavy atom. The molecule has 2 aromatic rings. The molecule has 1 heterocycles. The number of rotatable bonds is 6. The fourth-order valence-electron chi connectivity index (χ4n) is 5.56. The molecule has 1 aliphatic heterocycles. The van der Waals surface area contributed by atoms with Gasteiger partial charge in [-0.1, -0.05) is 12.1 Å². The van der Waals surface area contributed by atoms with Crippen molar-refractivity contribution in [2.45, 2.75) is 19.3 Å². The third-order valence-corrected chi connectivity index (χ3v) is 7.04. The van der Waals surface area contributed by atoms with Gasteiger partial charge in [0.1, 0.15) is 5.75 Å². The van der Waals surface area contributed by atoms with E-state index in [-0.39, 0.29) is 52.5 Å². The van der Waals surface area contributed by atoms with Gasteiger partial charge in [0.15, 0.2) is 12.4 Å². The van der Waals surface area contributed by atoms with Crippen molar-refractivity contribution in [1.82, 2.24) is 0 Å². The lowest BCUT2D eigenvalue weighted by molar-refractivity contribution is -0.123. The standard InChI is InChI=1S/C25H23NO6/c1-31-17-10-8-14(9-11-17)20(27)13-32-25(30)18-4-2-3-5-19(18)26-23(28)21-15-6-7-16(12-15)22(21)24(26)29/h2-5,8-11,15-16,21-22H,6-7,12-13H2,1H3/t15-,16+,21-,22-/m0/s1. The molecule has 7 heteroatoms. The van der Waals surface area contributed by atoms with Crippen LogP contribution in [0.5, 0.6) is 5.75 Å². The summed E-state index contributed by atoms with van der Waals surface area (Å²) in [4.78, 5) is 52.7. The van der Waals surface area contributed by atoms with E-state index in [0.29, 0.717) is 11.3 Å². The Kier molecular flexibility index (Phi) is 5.04. The quantitative estimate of drug-likeness (QED) is 0.395. The molecule has 2 aromatic carbocycles. The molecule has 2 aliphatic carbocycles. The Hall–Kier alpha value is -3.48. The van der Waals surface area contributed by atoms with Crippen LogP contribution in [0.2, 0.25) is 0 Å². The minimum absolute atomic E-state index is 0.101. The second kappa shape index (κ2) is 7.89. The number of hydrogen-bond acceptors (Lipinski definition) is 6. The molecule has 3 aliphatic rings. The van der Waals surface area contributed by atoms with E-state index in [2.05, 4.69) is 0 Å². The molecule has 0 unspecified atom stereocenters. The lowest BCUT2D eigenvalue weighted by atomic mass is 9.81. The maximum absolute atomic E-state index is 13.2. The van der Waals surface area contributed by atoms with E-state index in [0.717, 1.165) is 19.3 Å². The molecule has 0 spiro atoms. The molecule has 2 saturated carbocycles. The number of ketones is 1. The van der Waals surface area contributed by atoms with Gasteiger partial charge in [0, 0.05) is 5.56 Å². The Bertz CT molecular complexity index is 1080. The van der Waals surface area contributed by atoms with Gasteiger partial charge in [0.05, 0.1) is 30.2 Å². The number of esters is 1. The third kappa shape index (κ3) is 3.20. The summed E-state index contributed by atoms with van der Waals surface area (Å²) in [5.41, 5.74) is 0.724. The van der Waals surface area contributed by atoms with Crippen molar-refractivity contribution in [1.29, 1.82) is 0 Å². The van der Waals surface area contributed by atoms with E-state index in [1.165, 1.54) is 18.1 Å². The summed E-state index contributed by atoms with van der Waals surface area (Å²) in [7, 11) is 1.53. The molecular formula is C25H23NO6. The highest BCUT2D eigenvalue weighted by atomic mass is 16.5. The fourth-order valence-corrected chi connectivity index (χ4v) is 5.56. The van der Waals surface area contributed by atoms with Crippen LogP contribution in [0, 0.1) is 23.7 Å². The van der Waals surface area contributed by atoms with Crippen molar-refractivity contribution in [2.24, 2.45) is 23.7 Å². The van der Waals surface area contributed by atoms with Gasteiger partial charge in [-0.25, -0.2) is 9.69 Å². The first-order chi connectivity index (χ1) is 15.5. The number of Topliss-reactive ketones (excluding diaryl/α,β-unsaturated/α-hetero) is 1. The van der Waals surface area contributed by atoms with Gasteiger partial charge in [-0.3, -0.25) is 14.4 Å². The zero-order valence-corrected chi connectivity index (χ0v) is 17.7. The maximum atomic E-state index is 13.2. The Morgan fingerprint density at radius 1 is 0.938 bits per heavy atom. The number of ether oxygens (including phenoxy) is 2. The normalized spacial score (nSPS) is 25.7. The average Bonchev–Trinajstić information content (AvgIpc) is 3.51. The first-order valence-electron chi connectivity index (χ1n) is 10.8. The number of para-hydroxylation sites is 1. The topological polar surface area (TPSA) is 90.0 Å². The van der Waals surface area contributed by atoms with E-state index in [4.69, 9.17) is 9.47 Å². The Balaban J connectivity index is 1.33. The number of carbonyl (C=O) groups excluding carboxylic acids is 4. The first-order valence-corrected chi connectivity index (χ1v) is 10.8. The summed E-state index contributed by atoms with van der Waals surface area (Å²) in [6.07, 6.45) is 2.91. The number of nitrogens with zero attached hydrogens (tertiary/aromatic N) is 1. The average molecular weight is 433 g/mol. The summed E-state index contributed by atoms with van der Waals surface area (Å²) < 4.78 is 10.3. The summed E-state index contributed by atoms with van der Waals surface area (Å²) in [5, 5.41) is 0. The van der Waals surface area contributed by atoms with Crippen LogP contribution in [-0.4, -0.2) is 37.3 Å². The molecular weight excluding hydrogens is 410 g/mol. The molecule has 0 N–H and O–H groups in total.